The lowest BCUT2D eigenvalue weighted by Crippen LogP contribution is -2.59. The van der Waals surface area contributed by atoms with Gasteiger partial charge in [-0.05, 0) is 68.5 Å². The van der Waals surface area contributed by atoms with Crippen LogP contribution in [0, 0.1) is 5.92 Å². The Morgan fingerprint density at radius 3 is 2.38 bits per heavy atom. The fraction of sp³-hybridized carbons (Fsp3) is 0.619. The minimum Gasteiger partial charge on any atom is -0.508 e. The molecule has 4 unspecified atom stereocenters. The number of phenols is 1. The second kappa shape index (κ2) is 8.30. The minimum atomic E-state index is -2.27. The summed E-state index contributed by atoms with van der Waals surface area (Å²) in [6.07, 6.45) is 3.39. The van der Waals surface area contributed by atoms with E-state index in [2.05, 4.69) is 24.1 Å². The van der Waals surface area contributed by atoms with Gasteiger partial charge in [0.1, 0.15) is 5.75 Å². The topological polar surface area (TPSA) is 139 Å². The van der Waals surface area contributed by atoms with E-state index in [1.54, 1.807) is 0 Å². The summed E-state index contributed by atoms with van der Waals surface area (Å²) >= 11 is 0. The van der Waals surface area contributed by atoms with Gasteiger partial charge >= 0.3 is 11.9 Å². The molecule has 1 heterocycles. The maximum Gasteiger partial charge on any atom is 0.335 e. The van der Waals surface area contributed by atoms with Crippen molar-refractivity contribution in [2.24, 2.45) is 5.92 Å². The number of aromatic hydroxyl groups is 1. The number of fused-ring (bicyclic) bond motifs is 1. The fourth-order valence-electron chi connectivity index (χ4n) is 5.45. The average Bonchev–Trinajstić information content (AvgIpc) is 2.70. The highest BCUT2D eigenvalue weighted by atomic mass is 16.4. The van der Waals surface area contributed by atoms with Crippen molar-refractivity contribution in [2.45, 2.75) is 62.2 Å². The molecule has 1 aliphatic heterocycles. The van der Waals surface area contributed by atoms with Gasteiger partial charge in [0.05, 0.1) is 0 Å². The van der Waals surface area contributed by atoms with E-state index in [9.17, 15) is 14.7 Å². The number of aliphatic carboxylic acids is 2. The number of phenolic OH excluding ortho intramolecular Hbond substituents is 1. The second-order valence-electron chi connectivity index (χ2n) is 8.42. The van der Waals surface area contributed by atoms with Gasteiger partial charge in [-0.3, -0.25) is 0 Å². The summed E-state index contributed by atoms with van der Waals surface area (Å²) in [5, 5.41) is 42.4. The predicted molar refractivity (Wildman–Crippen MR) is 104 cm³/mol. The van der Waals surface area contributed by atoms with Crippen LogP contribution >= 0.6 is 0 Å². The summed E-state index contributed by atoms with van der Waals surface area (Å²) in [4.78, 5) is 22.1. The number of likely N-dealkylation sites (tertiary alicyclic amines) is 1. The third-order valence-electron chi connectivity index (χ3n) is 6.90. The number of carboxylic acid groups (broad SMARTS) is 2. The first-order valence-corrected chi connectivity index (χ1v) is 10.0. The normalized spacial score (nSPS) is 30.0. The van der Waals surface area contributed by atoms with Gasteiger partial charge < -0.3 is 30.4 Å². The van der Waals surface area contributed by atoms with Crippen LogP contribution in [0.1, 0.15) is 43.2 Å². The van der Waals surface area contributed by atoms with Gasteiger partial charge in [0.15, 0.2) is 12.2 Å². The van der Waals surface area contributed by atoms with Gasteiger partial charge in [0.2, 0.25) is 0 Å². The molecule has 29 heavy (non-hydrogen) atoms. The van der Waals surface area contributed by atoms with Crippen molar-refractivity contribution in [1.29, 1.82) is 0 Å². The Hall–Kier alpha value is -2.16. The summed E-state index contributed by atoms with van der Waals surface area (Å²) in [5.41, 5.74) is 3.36. The first kappa shape index (κ1) is 21.5. The number of hydrogen-bond donors (Lipinski definition) is 5. The highest BCUT2D eigenvalue weighted by Gasteiger charge is 2.53. The van der Waals surface area contributed by atoms with Crippen LogP contribution in [0.25, 0.3) is 0 Å². The third kappa shape index (κ3) is 3.97. The fourth-order valence-corrected chi connectivity index (χ4v) is 5.45. The average molecular weight is 407 g/mol. The molecule has 160 valence electrons. The zero-order chi connectivity index (χ0) is 21.3. The zero-order valence-corrected chi connectivity index (χ0v) is 16.5. The molecule has 0 radical (unpaired) electrons. The van der Waals surface area contributed by atoms with E-state index in [1.807, 2.05) is 6.07 Å². The van der Waals surface area contributed by atoms with E-state index in [0.717, 1.165) is 12.0 Å². The van der Waals surface area contributed by atoms with Crippen LogP contribution < -0.4 is 0 Å². The molecule has 8 heteroatoms. The largest absolute Gasteiger partial charge is 0.508 e. The summed E-state index contributed by atoms with van der Waals surface area (Å²) in [5.74, 6) is -2.27. The molecule has 2 aliphatic carbocycles. The molecule has 4 rings (SSSR count). The van der Waals surface area contributed by atoms with E-state index in [0.29, 0.717) is 11.2 Å². The molecule has 2 fully saturated rings. The number of carboxylic acids is 2. The van der Waals surface area contributed by atoms with Crippen molar-refractivity contribution < 1.29 is 35.1 Å². The maximum absolute atomic E-state index is 9.91. The van der Waals surface area contributed by atoms with E-state index in [1.165, 1.54) is 56.2 Å². The monoisotopic (exact) mass is 407 g/mol. The van der Waals surface area contributed by atoms with Crippen molar-refractivity contribution in [3.63, 3.8) is 0 Å². The number of hydrogen-bond acceptors (Lipinski definition) is 6. The molecule has 8 nitrogen and oxygen atoms in total. The number of aliphatic hydroxyl groups is 2. The molecule has 2 bridgehead atoms. The standard InChI is InChI=1S/C17H23NO.C4H6O6/c1-18-9-8-17-7-3-2-4-14(17)16(18)10-12-5-6-13(19)11-15(12)17;5-1(3(7)8)2(6)4(9)10/h5-6,11,14,16,19H,2-4,7-10H2,1H3;1-2,5-6H,(H,7,8)(H,9,10)/t14?,16?,17-;/m0./s1. The number of nitrogens with zero attached hydrogens (tertiary/aromatic N) is 1. The lowest BCUT2D eigenvalue weighted by atomic mass is 9.52. The third-order valence-corrected chi connectivity index (χ3v) is 6.90. The molecule has 3 aliphatic rings. The van der Waals surface area contributed by atoms with Crippen LogP contribution in [0.5, 0.6) is 5.75 Å². The Morgan fingerprint density at radius 1 is 1.10 bits per heavy atom. The Bertz CT molecular complexity index is 764. The van der Waals surface area contributed by atoms with Crippen molar-refractivity contribution in [2.75, 3.05) is 13.6 Å². The molecule has 0 amide bonds. The van der Waals surface area contributed by atoms with Crippen LogP contribution in [0.4, 0.5) is 0 Å². The van der Waals surface area contributed by atoms with Crippen LogP contribution in [-0.2, 0) is 21.4 Å². The smallest absolute Gasteiger partial charge is 0.335 e. The Morgan fingerprint density at radius 2 is 1.76 bits per heavy atom. The van der Waals surface area contributed by atoms with Crippen LogP contribution in [0.15, 0.2) is 18.2 Å². The van der Waals surface area contributed by atoms with Crippen LogP contribution in [0.2, 0.25) is 0 Å². The van der Waals surface area contributed by atoms with E-state index in [4.69, 9.17) is 20.4 Å². The highest BCUT2D eigenvalue weighted by Crippen LogP contribution is 2.55. The Kier molecular flexibility index (Phi) is 6.16. The number of piperidine rings is 1. The van der Waals surface area contributed by atoms with Gasteiger partial charge in [0, 0.05) is 11.5 Å². The number of aliphatic hydroxyl groups excluding tert-OH is 2. The zero-order valence-electron chi connectivity index (χ0n) is 16.5. The number of carbonyl (C=O) groups is 2. The Balaban J connectivity index is 0.000000207. The number of benzene rings is 1. The highest BCUT2D eigenvalue weighted by molar-refractivity contribution is 5.83. The van der Waals surface area contributed by atoms with Gasteiger partial charge in [-0.25, -0.2) is 9.59 Å². The van der Waals surface area contributed by atoms with Crippen molar-refractivity contribution in [1.82, 2.24) is 4.90 Å². The second-order valence-corrected chi connectivity index (χ2v) is 8.42. The molecule has 1 saturated heterocycles. The quantitative estimate of drug-likeness (QED) is 0.499. The van der Waals surface area contributed by atoms with Crippen molar-refractivity contribution in [3.05, 3.63) is 29.3 Å². The first-order chi connectivity index (χ1) is 13.7. The molecule has 1 saturated carbocycles. The molecular formula is C21H29NO7. The Labute approximate surface area is 169 Å². The summed E-state index contributed by atoms with van der Waals surface area (Å²) in [6, 6.07) is 6.85. The minimum absolute atomic E-state index is 0.377. The van der Waals surface area contributed by atoms with Crippen molar-refractivity contribution >= 4 is 11.9 Å². The van der Waals surface area contributed by atoms with Gasteiger partial charge in [-0.2, -0.15) is 0 Å². The summed E-state index contributed by atoms with van der Waals surface area (Å²) in [7, 11) is 2.30. The molecule has 1 aromatic carbocycles. The predicted octanol–water partition coefficient (Wildman–Crippen LogP) is 0.958. The van der Waals surface area contributed by atoms with Gasteiger partial charge in [-0.1, -0.05) is 18.9 Å². The van der Waals surface area contributed by atoms with E-state index in [-0.39, 0.29) is 0 Å². The van der Waals surface area contributed by atoms with E-state index < -0.39 is 24.1 Å². The molecule has 5 N–H and O–H groups in total. The van der Waals surface area contributed by atoms with Crippen molar-refractivity contribution in [3.8, 4) is 5.75 Å². The molecular weight excluding hydrogens is 378 g/mol. The lowest BCUT2D eigenvalue weighted by Gasteiger charge is -2.58. The summed E-state index contributed by atoms with van der Waals surface area (Å²) < 4.78 is 0. The maximum atomic E-state index is 9.91. The SMILES string of the molecule is CN1CC[C@@]23CCCCC2C1Cc1ccc(O)cc13.O=C(O)C(O)C(O)C(=O)O. The lowest BCUT2D eigenvalue weighted by molar-refractivity contribution is -0.165. The molecule has 5 atom stereocenters. The number of likely N-dealkylation sites (N-methyl/N-ethyl adjacent to an activating group) is 1. The van der Waals surface area contributed by atoms with E-state index >= 15 is 0 Å². The van der Waals surface area contributed by atoms with Gasteiger partial charge in [0.25, 0.3) is 0 Å². The molecule has 1 aromatic rings. The number of rotatable bonds is 3. The van der Waals surface area contributed by atoms with Crippen LogP contribution in [0.3, 0.4) is 0 Å². The first-order valence-electron chi connectivity index (χ1n) is 10.0. The molecule has 0 spiro atoms. The summed E-state index contributed by atoms with van der Waals surface area (Å²) in [6.45, 7) is 1.22. The molecule has 0 aromatic heterocycles. The van der Waals surface area contributed by atoms with Crippen LogP contribution in [-0.4, -0.2) is 74.2 Å². The van der Waals surface area contributed by atoms with Gasteiger partial charge in [-0.15, -0.1) is 0 Å².